The molecule has 42 heavy (non-hydrogen) atoms. The monoisotopic (exact) mass is 573 g/mol. The molecule has 222 valence electrons. The molecular weight excluding hydrogens is 531 g/mol. The van der Waals surface area contributed by atoms with Crippen molar-refractivity contribution in [2.75, 3.05) is 32.7 Å². The van der Waals surface area contributed by atoms with E-state index >= 15 is 0 Å². The third-order valence-electron chi connectivity index (χ3n) is 8.58. The molecule has 0 unspecified atom stereocenters. The Labute approximate surface area is 248 Å². The molecule has 0 amide bonds. The van der Waals surface area contributed by atoms with Crippen LogP contribution in [0.4, 0.5) is 13.2 Å². The topological polar surface area (TPSA) is 22.3 Å². The van der Waals surface area contributed by atoms with E-state index in [-0.39, 0.29) is 0 Å². The summed E-state index contributed by atoms with van der Waals surface area (Å²) in [6.07, 6.45) is 9.12. The Balaban J connectivity index is 1.38. The van der Waals surface area contributed by atoms with Crippen molar-refractivity contribution in [1.82, 2.24) is 14.8 Å². The van der Waals surface area contributed by atoms with E-state index in [2.05, 4.69) is 97.4 Å². The van der Waals surface area contributed by atoms with Crippen LogP contribution in [0.5, 0.6) is 0 Å². The highest BCUT2D eigenvalue weighted by Gasteiger charge is 2.32. The SMILES string of the molecule is CCC/C=C(C1=C/C(c2ccc(CN3CCN(CC(F)(F)F)CC3)cc2)=C\CC/C(C)=C/1C)/c1ccc2[nH]ccc2c1. The number of aromatic amines is 1. The van der Waals surface area contributed by atoms with Gasteiger partial charge in [-0.2, -0.15) is 13.2 Å². The van der Waals surface area contributed by atoms with Crippen LogP contribution in [0.2, 0.25) is 0 Å². The lowest BCUT2D eigenvalue weighted by molar-refractivity contribution is -0.149. The number of halogens is 3. The molecule has 1 saturated heterocycles. The molecule has 2 aromatic carbocycles. The van der Waals surface area contributed by atoms with Crippen LogP contribution in [0, 0.1) is 0 Å². The highest BCUT2D eigenvalue weighted by atomic mass is 19.4. The quantitative estimate of drug-likeness (QED) is 0.290. The molecule has 1 aromatic heterocycles. The van der Waals surface area contributed by atoms with E-state index in [1.807, 2.05) is 6.20 Å². The van der Waals surface area contributed by atoms with Crippen molar-refractivity contribution in [2.24, 2.45) is 0 Å². The zero-order chi connectivity index (χ0) is 29.7. The van der Waals surface area contributed by atoms with Crippen molar-refractivity contribution in [3.8, 4) is 0 Å². The van der Waals surface area contributed by atoms with Gasteiger partial charge in [0.15, 0.2) is 0 Å². The fourth-order valence-electron chi connectivity index (χ4n) is 5.98. The maximum Gasteiger partial charge on any atom is 0.401 e. The summed E-state index contributed by atoms with van der Waals surface area (Å²) in [5.74, 6) is 0. The Bertz CT molecular complexity index is 1490. The molecule has 2 aliphatic rings. The summed E-state index contributed by atoms with van der Waals surface area (Å²) in [5, 5.41) is 1.22. The summed E-state index contributed by atoms with van der Waals surface area (Å²) in [5.41, 5.74) is 11.3. The largest absolute Gasteiger partial charge is 0.401 e. The first-order chi connectivity index (χ1) is 20.2. The molecule has 6 heteroatoms. The summed E-state index contributed by atoms with van der Waals surface area (Å²) in [6, 6.07) is 17.6. The molecular formula is C36H42F3N3. The fraction of sp³-hybridized carbons (Fsp3) is 0.389. The summed E-state index contributed by atoms with van der Waals surface area (Å²) in [6.45, 7) is 8.90. The van der Waals surface area contributed by atoms with E-state index in [9.17, 15) is 13.2 Å². The Hall–Kier alpha value is -3.35. The van der Waals surface area contributed by atoms with Gasteiger partial charge in [0.1, 0.15) is 0 Å². The maximum absolute atomic E-state index is 12.7. The third kappa shape index (κ3) is 7.53. The zero-order valence-corrected chi connectivity index (χ0v) is 25.0. The second kappa shape index (κ2) is 13.3. The molecule has 1 fully saturated rings. The molecule has 0 atom stereocenters. The van der Waals surface area contributed by atoms with E-state index in [1.54, 1.807) is 0 Å². The normalized spacial score (nSPS) is 22.4. The van der Waals surface area contributed by atoms with Crippen LogP contribution in [0.1, 0.15) is 63.1 Å². The fourth-order valence-corrected chi connectivity index (χ4v) is 5.98. The van der Waals surface area contributed by atoms with Crippen LogP contribution in [-0.2, 0) is 6.54 Å². The number of hydrogen-bond acceptors (Lipinski definition) is 2. The predicted molar refractivity (Wildman–Crippen MR) is 169 cm³/mol. The van der Waals surface area contributed by atoms with Crippen molar-refractivity contribution in [3.05, 3.63) is 106 Å². The van der Waals surface area contributed by atoms with E-state index in [4.69, 9.17) is 0 Å². The lowest BCUT2D eigenvalue weighted by atomic mass is 9.84. The van der Waals surface area contributed by atoms with Gasteiger partial charge in [0.25, 0.3) is 0 Å². The van der Waals surface area contributed by atoms with Crippen LogP contribution in [0.15, 0.2) is 89.7 Å². The molecule has 1 aliphatic carbocycles. The van der Waals surface area contributed by atoms with E-state index in [1.165, 1.54) is 54.8 Å². The zero-order valence-electron chi connectivity index (χ0n) is 25.0. The number of H-pyrrole nitrogens is 1. The first-order valence-corrected chi connectivity index (χ1v) is 15.2. The van der Waals surface area contributed by atoms with E-state index in [0.717, 1.165) is 37.7 Å². The van der Waals surface area contributed by atoms with Gasteiger partial charge in [0, 0.05) is 44.4 Å². The lowest BCUT2D eigenvalue weighted by Crippen LogP contribution is -2.48. The molecule has 2 heterocycles. The average molecular weight is 574 g/mol. The number of hydrogen-bond donors (Lipinski definition) is 1. The van der Waals surface area contributed by atoms with Gasteiger partial charge in [-0.3, -0.25) is 9.80 Å². The second-order valence-electron chi connectivity index (χ2n) is 11.7. The number of rotatable bonds is 8. The summed E-state index contributed by atoms with van der Waals surface area (Å²) < 4.78 is 38.2. The van der Waals surface area contributed by atoms with Gasteiger partial charge in [-0.1, -0.05) is 61.4 Å². The highest BCUT2D eigenvalue weighted by molar-refractivity contribution is 5.92. The van der Waals surface area contributed by atoms with Gasteiger partial charge in [-0.05, 0) is 102 Å². The average Bonchev–Trinajstić information content (AvgIpc) is 3.44. The molecule has 5 rings (SSSR count). The second-order valence-corrected chi connectivity index (χ2v) is 11.7. The first kappa shape index (κ1) is 30.1. The van der Waals surface area contributed by atoms with Gasteiger partial charge in [0.2, 0.25) is 0 Å². The van der Waals surface area contributed by atoms with E-state index < -0.39 is 12.7 Å². The third-order valence-corrected chi connectivity index (χ3v) is 8.58. The summed E-state index contributed by atoms with van der Waals surface area (Å²) in [4.78, 5) is 7.06. The summed E-state index contributed by atoms with van der Waals surface area (Å²) >= 11 is 0. The molecule has 3 nitrogen and oxygen atoms in total. The molecule has 0 radical (unpaired) electrons. The summed E-state index contributed by atoms with van der Waals surface area (Å²) in [7, 11) is 0. The van der Waals surface area contributed by atoms with Gasteiger partial charge in [-0.15, -0.1) is 0 Å². The number of aromatic nitrogens is 1. The minimum absolute atomic E-state index is 0.454. The van der Waals surface area contributed by atoms with Crippen molar-refractivity contribution in [2.45, 2.75) is 59.2 Å². The molecule has 1 aliphatic heterocycles. The smallest absolute Gasteiger partial charge is 0.361 e. The Kier molecular flexibility index (Phi) is 9.54. The number of fused-ring (bicyclic) bond motifs is 1. The molecule has 0 saturated carbocycles. The van der Waals surface area contributed by atoms with Crippen LogP contribution in [0.3, 0.4) is 0 Å². The standard InChI is InChI=1S/C36H42F3N3/c1-4-5-9-33(31-14-15-35-32(22-31)16-17-40-35)34-23-30(8-6-7-26(2)27(34)3)29-12-10-28(11-13-29)24-41-18-20-42(21-19-41)25-36(37,38)39/h8-17,22-23,40H,4-7,18-21,24-25H2,1-3H3/b27-26+,30-8+,33-9-,34-23-. The molecule has 0 bridgehead atoms. The van der Waals surface area contributed by atoms with Crippen molar-refractivity contribution < 1.29 is 13.2 Å². The predicted octanol–water partition coefficient (Wildman–Crippen LogP) is 9.17. The van der Waals surface area contributed by atoms with Crippen LogP contribution in [-0.4, -0.2) is 53.7 Å². The number of unbranched alkanes of at least 4 members (excludes halogenated alkanes) is 1. The molecule has 0 spiro atoms. The number of alkyl halides is 3. The maximum atomic E-state index is 12.7. The van der Waals surface area contributed by atoms with Gasteiger partial charge in [0.05, 0.1) is 6.54 Å². The van der Waals surface area contributed by atoms with Crippen LogP contribution in [0.25, 0.3) is 22.0 Å². The number of piperazine rings is 1. The molecule has 3 aromatic rings. The van der Waals surface area contributed by atoms with Crippen LogP contribution >= 0.6 is 0 Å². The Morgan fingerprint density at radius 1 is 0.952 bits per heavy atom. The Morgan fingerprint density at radius 3 is 2.40 bits per heavy atom. The molecule has 1 N–H and O–H groups in total. The number of allylic oxidation sites excluding steroid dienone is 8. The minimum Gasteiger partial charge on any atom is -0.361 e. The first-order valence-electron chi connectivity index (χ1n) is 15.2. The van der Waals surface area contributed by atoms with Gasteiger partial charge in [-0.25, -0.2) is 0 Å². The number of nitrogens with one attached hydrogen (secondary N) is 1. The minimum atomic E-state index is -4.13. The van der Waals surface area contributed by atoms with Crippen LogP contribution < -0.4 is 0 Å². The lowest BCUT2D eigenvalue weighted by Gasteiger charge is -2.35. The van der Waals surface area contributed by atoms with Gasteiger partial charge >= 0.3 is 6.18 Å². The van der Waals surface area contributed by atoms with Crippen molar-refractivity contribution in [1.29, 1.82) is 0 Å². The van der Waals surface area contributed by atoms with Crippen molar-refractivity contribution in [3.63, 3.8) is 0 Å². The number of nitrogens with zero attached hydrogens (tertiary/aromatic N) is 2. The van der Waals surface area contributed by atoms with Gasteiger partial charge < -0.3 is 4.98 Å². The number of benzene rings is 2. The Morgan fingerprint density at radius 2 is 1.69 bits per heavy atom. The highest BCUT2D eigenvalue weighted by Crippen LogP contribution is 2.37. The van der Waals surface area contributed by atoms with Crippen molar-refractivity contribution >= 4 is 22.0 Å². The van der Waals surface area contributed by atoms with E-state index in [0.29, 0.717) is 26.2 Å².